The van der Waals surface area contributed by atoms with Gasteiger partial charge in [0.15, 0.2) is 0 Å². The van der Waals surface area contributed by atoms with Crippen molar-refractivity contribution >= 4 is 17.4 Å². The largest absolute Gasteiger partial charge is 0.507 e. The number of Topliss-reactive ketones (excluding diaryl/α,β-unsaturated/α-hetero) is 1. The maximum absolute atomic E-state index is 13.3. The van der Waals surface area contributed by atoms with Crippen molar-refractivity contribution in [3.63, 3.8) is 0 Å². The summed E-state index contributed by atoms with van der Waals surface area (Å²) in [5.41, 5.74) is 2.17. The van der Waals surface area contributed by atoms with Gasteiger partial charge in [0.05, 0.1) is 24.8 Å². The Balaban J connectivity index is 2.06. The summed E-state index contributed by atoms with van der Waals surface area (Å²) in [6.45, 7) is 13.8. The third kappa shape index (κ3) is 5.90. The van der Waals surface area contributed by atoms with E-state index in [9.17, 15) is 14.7 Å². The van der Waals surface area contributed by atoms with E-state index in [1.54, 1.807) is 23.1 Å². The molecule has 7 nitrogen and oxygen atoms in total. The molecular weight excluding hydrogens is 456 g/mol. The highest BCUT2D eigenvalue weighted by Crippen LogP contribution is 2.40. The highest BCUT2D eigenvalue weighted by Gasteiger charge is 2.46. The molecule has 1 unspecified atom stereocenters. The normalized spacial score (nSPS) is 17.2. The number of hydrogen-bond donors (Lipinski definition) is 1. The summed E-state index contributed by atoms with van der Waals surface area (Å²) in [5, 5.41) is 11.3. The van der Waals surface area contributed by atoms with Gasteiger partial charge < -0.3 is 24.4 Å². The lowest BCUT2D eigenvalue weighted by molar-refractivity contribution is -0.140. The Labute approximate surface area is 214 Å². The third-order valence-electron chi connectivity index (χ3n) is 6.51. The van der Waals surface area contributed by atoms with Crippen LogP contribution in [0.2, 0.25) is 0 Å². The molecule has 1 amide bonds. The van der Waals surface area contributed by atoms with Gasteiger partial charge in [0, 0.05) is 18.7 Å². The minimum absolute atomic E-state index is 0.102. The van der Waals surface area contributed by atoms with Crippen LogP contribution in [0.15, 0.2) is 48.0 Å². The SMILES string of the molecule is CCCOc1ccc(C2/C(=C(\O)c3ccc(OCC)c(C)c3)C(=O)C(=O)N2CCN(CC)CC)cc1. The second-order valence-electron chi connectivity index (χ2n) is 8.85. The fourth-order valence-electron chi connectivity index (χ4n) is 4.48. The third-order valence-corrected chi connectivity index (χ3v) is 6.51. The molecule has 36 heavy (non-hydrogen) atoms. The molecule has 1 saturated heterocycles. The molecule has 2 aromatic rings. The molecule has 1 aliphatic rings. The molecule has 1 fully saturated rings. The number of carbonyl (C=O) groups excluding carboxylic acids is 2. The van der Waals surface area contributed by atoms with Gasteiger partial charge >= 0.3 is 0 Å². The highest BCUT2D eigenvalue weighted by molar-refractivity contribution is 6.46. The van der Waals surface area contributed by atoms with Crippen LogP contribution in [-0.2, 0) is 9.59 Å². The average Bonchev–Trinajstić information content (AvgIpc) is 3.14. The van der Waals surface area contributed by atoms with Gasteiger partial charge in [-0.2, -0.15) is 0 Å². The van der Waals surface area contributed by atoms with Gasteiger partial charge in [-0.15, -0.1) is 0 Å². The number of aliphatic hydroxyl groups is 1. The Bertz CT molecular complexity index is 1090. The minimum Gasteiger partial charge on any atom is -0.507 e. The summed E-state index contributed by atoms with van der Waals surface area (Å²) in [6.07, 6.45) is 0.898. The molecule has 3 rings (SSSR count). The van der Waals surface area contributed by atoms with Crippen LogP contribution < -0.4 is 9.47 Å². The van der Waals surface area contributed by atoms with Gasteiger partial charge in [0.25, 0.3) is 11.7 Å². The number of amides is 1. The molecule has 0 aliphatic carbocycles. The predicted molar refractivity (Wildman–Crippen MR) is 141 cm³/mol. The van der Waals surface area contributed by atoms with Crippen molar-refractivity contribution in [1.29, 1.82) is 0 Å². The van der Waals surface area contributed by atoms with E-state index in [0.29, 0.717) is 37.6 Å². The molecule has 2 aromatic carbocycles. The van der Waals surface area contributed by atoms with Gasteiger partial charge in [0.2, 0.25) is 0 Å². The number of ketones is 1. The number of likely N-dealkylation sites (N-methyl/N-ethyl adjacent to an activating group) is 1. The van der Waals surface area contributed by atoms with Crippen LogP contribution >= 0.6 is 0 Å². The number of benzene rings is 2. The molecular formula is C29H38N2O5. The summed E-state index contributed by atoms with van der Waals surface area (Å²) in [6, 6.07) is 12.0. The van der Waals surface area contributed by atoms with Gasteiger partial charge in [-0.1, -0.05) is 32.9 Å². The Morgan fingerprint density at radius 1 is 1.00 bits per heavy atom. The second kappa shape index (κ2) is 12.6. The topological polar surface area (TPSA) is 79.3 Å². The zero-order valence-corrected chi connectivity index (χ0v) is 22.0. The lowest BCUT2D eigenvalue weighted by atomic mass is 9.94. The Morgan fingerprint density at radius 2 is 1.69 bits per heavy atom. The molecule has 0 radical (unpaired) electrons. The Kier molecular flexibility index (Phi) is 9.53. The monoisotopic (exact) mass is 494 g/mol. The molecule has 0 saturated carbocycles. The second-order valence-corrected chi connectivity index (χ2v) is 8.85. The first-order valence-electron chi connectivity index (χ1n) is 12.8. The molecule has 0 bridgehead atoms. The van der Waals surface area contributed by atoms with Crippen molar-refractivity contribution in [1.82, 2.24) is 9.80 Å². The van der Waals surface area contributed by atoms with Crippen molar-refractivity contribution in [2.45, 2.75) is 47.1 Å². The van der Waals surface area contributed by atoms with Crippen LogP contribution in [-0.4, -0.2) is 66.0 Å². The summed E-state index contributed by atoms with van der Waals surface area (Å²) in [7, 11) is 0. The quantitative estimate of drug-likeness (QED) is 0.256. The first-order valence-corrected chi connectivity index (χ1v) is 12.8. The molecule has 7 heteroatoms. The number of hydrogen-bond acceptors (Lipinski definition) is 6. The predicted octanol–water partition coefficient (Wildman–Crippen LogP) is 4.95. The van der Waals surface area contributed by atoms with Crippen molar-refractivity contribution in [2.75, 3.05) is 39.4 Å². The molecule has 1 atom stereocenters. The number of likely N-dealkylation sites (tertiary alicyclic amines) is 1. The zero-order chi connectivity index (χ0) is 26.2. The summed E-state index contributed by atoms with van der Waals surface area (Å²) in [4.78, 5) is 30.3. The van der Waals surface area contributed by atoms with E-state index in [0.717, 1.165) is 36.4 Å². The van der Waals surface area contributed by atoms with E-state index >= 15 is 0 Å². The fraction of sp³-hybridized carbons (Fsp3) is 0.448. The average molecular weight is 495 g/mol. The molecule has 1 N–H and O–H groups in total. The van der Waals surface area contributed by atoms with E-state index in [2.05, 4.69) is 18.7 Å². The van der Waals surface area contributed by atoms with E-state index in [4.69, 9.17) is 9.47 Å². The van der Waals surface area contributed by atoms with E-state index in [-0.39, 0.29) is 11.3 Å². The van der Waals surface area contributed by atoms with Crippen LogP contribution in [0.5, 0.6) is 11.5 Å². The first kappa shape index (κ1) is 27.3. The standard InChI is InChI=1S/C29H38N2O5/c1-6-18-36-23-13-10-21(11-14-23)26-25(27(32)22-12-15-24(35-9-4)20(5)19-22)28(33)29(34)31(26)17-16-30(7-2)8-3/h10-15,19,26,32H,6-9,16-18H2,1-5H3/b27-25+. The van der Waals surface area contributed by atoms with E-state index < -0.39 is 17.7 Å². The lowest BCUT2D eigenvalue weighted by Gasteiger charge is -2.28. The number of carbonyl (C=O) groups is 2. The molecule has 0 aromatic heterocycles. The Hall–Kier alpha value is -3.32. The fourth-order valence-corrected chi connectivity index (χ4v) is 4.48. The molecule has 1 aliphatic heterocycles. The maximum atomic E-state index is 13.3. The smallest absolute Gasteiger partial charge is 0.295 e. The van der Waals surface area contributed by atoms with Crippen LogP contribution in [0.25, 0.3) is 5.76 Å². The van der Waals surface area contributed by atoms with Gasteiger partial charge in [-0.05, 0) is 74.8 Å². The Morgan fingerprint density at radius 3 is 2.28 bits per heavy atom. The van der Waals surface area contributed by atoms with E-state index in [1.807, 2.05) is 45.0 Å². The number of ether oxygens (including phenoxy) is 2. The maximum Gasteiger partial charge on any atom is 0.295 e. The number of rotatable bonds is 12. The van der Waals surface area contributed by atoms with Gasteiger partial charge in [0.1, 0.15) is 17.3 Å². The molecule has 0 spiro atoms. The van der Waals surface area contributed by atoms with Gasteiger partial charge in [-0.25, -0.2) is 0 Å². The summed E-state index contributed by atoms with van der Waals surface area (Å²) < 4.78 is 11.3. The van der Waals surface area contributed by atoms with Gasteiger partial charge in [-0.3, -0.25) is 9.59 Å². The summed E-state index contributed by atoms with van der Waals surface area (Å²) >= 11 is 0. The van der Waals surface area contributed by atoms with Crippen LogP contribution in [0.3, 0.4) is 0 Å². The van der Waals surface area contributed by atoms with Crippen molar-refractivity contribution < 1.29 is 24.2 Å². The lowest BCUT2D eigenvalue weighted by Crippen LogP contribution is -2.38. The number of aliphatic hydroxyl groups excluding tert-OH is 1. The minimum atomic E-state index is -0.687. The van der Waals surface area contributed by atoms with Crippen molar-refractivity contribution in [2.24, 2.45) is 0 Å². The van der Waals surface area contributed by atoms with Crippen molar-refractivity contribution in [3.05, 3.63) is 64.7 Å². The van der Waals surface area contributed by atoms with Crippen LogP contribution in [0, 0.1) is 6.92 Å². The summed E-state index contributed by atoms with van der Waals surface area (Å²) in [5.74, 6) is -0.00510. The van der Waals surface area contributed by atoms with Crippen LogP contribution in [0.1, 0.15) is 56.8 Å². The molecule has 194 valence electrons. The zero-order valence-electron chi connectivity index (χ0n) is 22.0. The highest BCUT2D eigenvalue weighted by atomic mass is 16.5. The number of nitrogens with zero attached hydrogens (tertiary/aromatic N) is 2. The van der Waals surface area contributed by atoms with Crippen molar-refractivity contribution in [3.8, 4) is 11.5 Å². The van der Waals surface area contributed by atoms with E-state index in [1.165, 1.54) is 0 Å². The number of aryl methyl sites for hydroxylation is 1. The van der Waals surface area contributed by atoms with Crippen LogP contribution in [0.4, 0.5) is 0 Å². The first-order chi connectivity index (χ1) is 17.4. The molecule has 1 heterocycles.